The smallest absolute Gasteiger partial charge is 0.398 e. The maximum absolute atomic E-state index is 14.1. The van der Waals surface area contributed by atoms with Crippen molar-refractivity contribution in [2.24, 2.45) is 0 Å². The number of fused-ring (bicyclic) bond motifs is 2. The SMILES string of the molecule is Nc1c(C(O)(C(F)(F)F)C(F)(F)F)cc(C(O)(C(F)(F)F)C(F)(F)F)c2cc3c(C(O)(C(F)(F)F)C(F)(F)F)cc(C(O)(C(F)(F)F)C(F)(F)F)c(N)c3cc12. The highest BCUT2D eigenvalue weighted by Gasteiger charge is 2.77. The summed E-state index contributed by atoms with van der Waals surface area (Å²) in [6.45, 7) is 0. The molecular formula is C26H12F24N2O4. The van der Waals surface area contributed by atoms with Crippen molar-refractivity contribution in [2.75, 3.05) is 11.5 Å². The van der Waals surface area contributed by atoms with Gasteiger partial charge in [0.2, 0.25) is 0 Å². The molecule has 0 saturated carbocycles. The van der Waals surface area contributed by atoms with Crippen molar-refractivity contribution in [2.45, 2.75) is 71.8 Å². The topological polar surface area (TPSA) is 133 Å². The van der Waals surface area contributed by atoms with Gasteiger partial charge in [-0.15, -0.1) is 0 Å². The van der Waals surface area contributed by atoms with Crippen molar-refractivity contribution >= 4 is 32.9 Å². The average molecular weight is 872 g/mol. The van der Waals surface area contributed by atoms with E-state index in [-0.39, 0.29) is 0 Å². The van der Waals surface area contributed by atoms with Crippen molar-refractivity contribution in [3.8, 4) is 0 Å². The minimum atomic E-state index is -7.48. The standard InChI is InChI=1S/C26H12F24N2O4/c27-19(28,29)15(53,20(30,31)32)9-3-11(17(55,23(39,40)41)24(42,43)44)13(51)7-2-8-6(1-5(7)9)10(16(54,21(33,34)35)22(36,37)38)4-12(14(8)52)18(56,25(45,46)47)26(48,49)50/h1-4,53-56H,51-52H2. The van der Waals surface area contributed by atoms with Crippen molar-refractivity contribution < 1.29 is 126 Å². The van der Waals surface area contributed by atoms with Gasteiger partial charge in [0.1, 0.15) is 0 Å². The van der Waals surface area contributed by atoms with Gasteiger partial charge >= 0.3 is 49.4 Å². The molecular weight excluding hydrogens is 860 g/mol. The molecule has 318 valence electrons. The summed E-state index contributed by atoms with van der Waals surface area (Å²) >= 11 is 0. The van der Waals surface area contributed by atoms with Crippen molar-refractivity contribution in [1.29, 1.82) is 0 Å². The molecule has 0 spiro atoms. The molecule has 3 aromatic carbocycles. The lowest BCUT2D eigenvalue weighted by Gasteiger charge is -2.38. The number of alkyl halides is 24. The fourth-order valence-electron chi connectivity index (χ4n) is 5.44. The lowest BCUT2D eigenvalue weighted by Crippen LogP contribution is -2.56. The van der Waals surface area contributed by atoms with Crippen LogP contribution in [0, 0.1) is 0 Å². The van der Waals surface area contributed by atoms with E-state index in [2.05, 4.69) is 0 Å². The third kappa shape index (κ3) is 6.11. The third-order valence-electron chi connectivity index (χ3n) is 8.32. The zero-order valence-corrected chi connectivity index (χ0v) is 25.3. The Morgan fingerprint density at radius 1 is 0.268 bits per heavy atom. The van der Waals surface area contributed by atoms with Crippen LogP contribution in [0.2, 0.25) is 0 Å². The van der Waals surface area contributed by atoms with Crippen LogP contribution in [0.25, 0.3) is 21.5 Å². The van der Waals surface area contributed by atoms with Gasteiger partial charge in [-0.05, 0) is 35.0 Å². The highest BCUT2D eigenvalue weighted by atomic mass is 19.4. The Bertz CT molecular complexity index is 1830. The molecule has 0 unspecified atom stereocenters. The second-order valence-corrected chi connectivity index (χ2v) is 11.5. The summed E-state index contributed by atoms with van der Waals surface area (Å²) < 4.78 is 335. The van der Waals surface area contributed by atoms with Gasteiger partial charge in [-0.2, -0.15) is 105 Å². The molecule has 0 heterocycles. The number of nitrogen functional groups attached to an aromatic ring is 2. The van der Waals surface area contributed by atoms with E-state index >= 15 is 0 Å². The number of rotatable bonds is 4. The minimum Gasteiger partial charge on any atom is -0.398 e. The highest BCUT2D eigenvalue weighted by Crippen LogP contribution is 2.60. The molecule has 0 aliphatic rings. The molecule has 0 fully saturated rings. The van der Waals surface area contributed by atoms with E-state index in [1.165, 1.54) is 0 Å². The number of anilines is 2. The summed E-state index contributed by atoms with van der Waals surface area (Å²) in [5, 5.41) is 29.5. The Hall–Kier alpha value is -4.06. The normalized spacial score (nSPS) is 15.6. The van der Waals surface area contributed by atoms with Gasteiger partial charge < -0.3 is 31.9 Å². The summed E-state index contributed by atoms with van der Waals surface area (Å²) in [5.74, 6) is 0. The number of hydrogen-bond donors (Lipinski definition) is 6. The minimum absolute atomic E-state index is 0.948. The number of aliphatic hydroxyl groups is 4. The molecule has 0 aromatic heterocycles. The van der Waals surface area contributed by atoms with E-state index in [4.69, 9.17) is 11.5 Å². The zero-order valence-electron chi connectivity index (χ0n) is 25.3. The van der Waals surface area contributed by atoms with Crippen LogP contribution >= 0.6 is 0 Å². The highest BCUT2D eigenvalue weighted by molar-refractivity contribution is 6.11. The van der Waals surface area contributed by atoms with E-state index < -0.39 is 151 Å². The van der Waals surface area contributed by atoms with Gasteiger partial charge in [-0.1, -0.05) is 0 Å². The maximum Gasteiger partial charge on any atom is 0.430 e. The molecule has 0 radical (unpaired) electrons. The van der Waals surface area contributed by atoms with Gasteiger partial charge in [0.15, 0.2) is 0 Å². The van der Waals surface area contributed by atoms with E-state index in [0.29, 0.717) is 0 Å². The summed E-state index contributed by atoms with van der Waals surface area (Å²) in [7, 11) is 0. The van der Waals surface area contributed by atoms with Crippen molar-refractivity contribution in [3.63, 3.8) is 0 Å². The Balaban J connectivity index is 3.09. The number of halogens is 24. The second kappa shape index (κ2) is 12.2. The van der Waals surface area contributed by atoms with Gasteiger partial charge in [0, 0.05) is 44.4 Å². The monoisotopic (exact) mass is 872 g/mol. The summed E-state index contributed by atoms with van der Waals surface area (Å²) in [6, 6.07) is -5.33. The molecule has 6 nitrogen and oxygen atoms in total. The first kappa shape index (κ1) is 46.3. The van der Waals surface area contributed by atoms with E-state index in [1.807, 2.05) is 0 Å². The van der Waals surface area contributed by atoms with Crippen molar-refractivity contribution in [1.82, 2.24) is 0 Å². The summed E-state index contributed by atoms with van der Waals surface area (Å²) in [5.41, 5.74) is -36.4. The molecule has 0 saturated heterocycles. The van der Waals surface area contributed by atoms with E-state index in [9.17, 15) is 126 Å². The quantitative estimate of drug-likeness (QED) is 0.0887. The molecule has 0 atom stereocenters. The first-order valence-electron chi connectivity index (χ1n) is 13.3. The zero-order chi connectivity index (χ0) is 44.6. The van der Waals surface area contributed by atoms with Crippen LogP contribution < -0.4 is 11.5 Å². The van der Waals surface area contributed by atoms with Crippen LogP contribution in [0.15, 0.2) is 24.3 Å². The van der Waals surface area contributed by atoms with Gasteiger partial charge in [-0.25, -0.2) is 0 Å². The Kier molecular flexibility index (Phi) is 10.1. The molecule has 30 heteroatoms. The summed E-state index contributed by atoms with van der Waals surface area (Å²) in [6.07, 6.45) is -59.3. The second-order valence-electron chi connectivity index (χ2n) is 11.5. The molecule has 56 heavy (non-hydrogen) atoms. The molecule has 8 N–H and O–H groups in total. The van der Waals surface area contributed by atoms with Gasteiger partial charge in [0.25, 0.3) is 22.4 Å². The van der Waals surface area contributed by atoms with Gasteiger partial charge in [0.05, 0.1) is 0 Å². The van der Waals surface area contributed by atoms with Crippen LogP contribution in [-0.2, 0) is 22.4 Å². The van der Waals surface area contributed by atoms with Crippen LogP contribution in [-0.4, -0.2) is 69.8 Å². The van der Waals surface area contributed by atoms with Crippen LogP contribution in [0.3, 0.4) is 0 Å². The molecule has 0 amide bonds. The predicted molar refractivity (Wildman–Crippen MR) is 134 cm³/mol. The first-order valence-corrected chi connectivity index (χ1v) is 13.3. The van der Waals surface area contributed by atoms with Crippen LogP contribution in [0.1, 0.15) is 22.3 Å². The molecule has 3 rings (SSSR count). The van der Waals surface area contributed by atoms with Crippen LogP contribution in [0.5, 0.6) is 0 Å². The molecule has 0 aliphatic carbocycles. The van der Waals surface area contributed by atoms with Gasteiger partial charge in [-0.3, -0.25) is 0 Å². The number of hydrogen-bond acceptors (Lipinski definition) is 6. The predicted octanol–water partition coefficient (Wildman–Crippen LogP) is 8.41. The van der Waals surface area contributed by atoms with Crippen LogP contribution in [0.4, 0.5) is 117 Å². The fraction of sp³-hybridized carbons (Fsp3) is 0.462. The average Bonchev–Trinajstić information content (AvgIpc) is 2.95. The molecule has 0 aliphatic heterocycles. The lowest BCUT2D eigenvalue weighted by atomic mass is 9.77. The Morgan fingerprint density at radius 3 is 0.607 bits per heavy atom. The first-order chi connectivity index (χ1) is 24.2. The fourth-order valence-corrected chi connectivity index (χ4v) is 5.44. The van der Waals surface area contributed by atoms with Crippen molar-refractivity contribution in [3.05, 3.63) is 46.5 Å². The molecule has 0 bridgehead atoms. The van der Waals surface area contributed by atoms with E-state index in [1.54, 1.807) is 0 Å². The Labute approximate surface area is 289 Å². The third-order valence-corrected chi connectivity index (χ3v) is 8.32. The molecule has 3 aromatic rings. The number of benzene rings is 3. The lowest BCUT2D eigenvalue weighted by molar-refractivity contribution is -0.378. The maximum atomic E-state index is 14.1. The largest absolute Gasteiger partial charge is 0.430 e. The number of nitrogens with two attached hydrogens (primary N) is 2. The summed E-state index contributed by atoms with van der Waals surface area (Å²) in [4.78, 5) is 0. The Morgan fingerprint density at radius 2 is 0.429 bits per heavy atom. The van der Waals surface area contributed by atoms with E-state index in [0.717, 1.165) is 0 Å².